The van der Waals surface area contributed by atoms with Crippen LogP contribution in [0.25, 0.3) is 0 Å². The first-order valence-electron chi connectivity index (χ1n) is 10.0. The molecule has 1 aliphatic heterocycles. The third-order valence-electron chi connectivity index (χ3n) is 5.78. The summed E-state index contributed by atoms with van der Waals surface area (Å²) in [4.78, 5) is 0. The molecule has 27 heavy (non-hydrogen) atoms. The lowest BCUT2D eigenvalue weighted by Gasteiger charge is -2.37. The molecule has 0 aromatic heterocycles. The number of rotatable bonds is 8. The lowest BCUT2D eigenvalue weighted by molar-refractivity contribution is 0.0804. The van der Waals surface area contributed by atoms with Gasteiger partial charge in [-0.15, -0.1) is 0 Å². The average molecular weight is 398 g/mol. The van der Waals surface area contributed by atoms with Crippen molar-refractivity contribution >= 4 is 10.0 Å². The van der Waals surface area contributed by atoms with Crippen LogP contribution in [0.4, 0.5) is 0 Å². The van der Waals surface area contributed by atoms with Crippen molar-refractivity contribution in [2.75, 3.05) is 12.8 Å². The van der Waals surface area contributed by atoms with Crippen LogP contribution in [0.5, 0.6) is 5.75 Å². The number of unbranched alkanes of at least 4 members (excludes halogenated alkanes) is 3. The fraction of sp³-hybridized carbons (Fsp3) is 0.714. The molecule has 0 saturated carbocycles. The number of hydrogen-bond donors (Lipinski definition) is 2. The van der Waals surface area contributed by atoms with Crippen LogP contribution in [0.15, 0.2) is 18.2 Å². The SMILES string of the molecule is CCCCCCC(C)(C)c1ccc([C@H]2C[C@@H](O)CCN2S(C)(=O)=O)c(O)c1. The third kappa shape index (κ3) is 5.69. The maximum Gasteiger partial charge on any atom is 0.211 e. The van der Waals surface area contributed by atoms with E-state index >= 15 is 0 Å². The van der Waals surface area contributed by atoms with E-state index in [2.05, 4.69) is 20.8 Å². The Hall–Kier alpha value is -1.11. The minimum Gasteiger partial charge on any atom is -0.508 e. The predicted molar refractivity (Wildman–Crippen MR) is 109 cm³/mol. The molecule has 0 amide bonds. The number of aliphatic hydroxyl groups is 1. The lowest BCUT2D eigenvalue weighted by Crippen LogP contribution is -2.42. The summed E-state index contributed by atoms with van der Waals surface area (Å²) in [5.41, 5.74) is 1.58. The van der Waals surface area contributed by atoms with Gasteiger partial charge in [0.05, 0.1) is 18.4 Å². The van der Waals surface area contributed by atoms with Gasteiger partial charge >= 0.3 is 0 Å². The van der Waals surface area contributed by atoms with E-state index < -0.39 is 22.2 Å². The zero-order chi connectivity index (χ0) is 20.2. The summed E-state index contributed by atoms with van der Waals surface area (Å²) in [5.74, 6) is 0.113. The van der Waals surface area contributed by atoms with Crippen LogP contribution in [-0.2, 0) is 15.4 Å². The van der Waals surface area contributed by atoms with E-state index in [9.17, 15) is 18.6 Å². The maximum atomic E-state index is 12.1. The van der Waals surface area contributed by atoms with Gasteiger partial charge in [0.1, 0.15) is 5.75 Å². The van der Waals surface area contributed by atoms with E-state index in [4.69, 9.17) is 0 Å². The quantitative estimate of drug-likeness (QED) is 0.648. The third-order valence-corrected chi connectivity index (χ3v) is 7.07. The molecule has 0 aliphatic carbocycles. The molecule has 1 aliphatic rings. The van der Waals surface area contributed by atoms with Gasteiger partial charge in [0.2, 0.25) is 10.0 Å². The van der Waals surface area contributed by atoms with Crippen molar-refractivity contribution in [3.63, 3.8) is 0 Å². The zero-order valence-electron chi connectivity index (χ0n) is 17.1. The van der Waals surface area contributed by atoms with Gasteiger partial charge in [0.15, 0.2) is 0 Å². The van der Waals surface area contributed by atoms with Crippen LogP contribution in [-0.4, -0.2) is 41.8 Å². The molecule has 2 N–H and O–H groups in total. The normalized spacial score (nSPS) is 22.1. The first-order valence-corrected chi connectivity index (χ1v) is 11.9. The van der Waals surface area contributed by atoms with Gasteiger partial charge in [0.25, 0.3) is 0 Å². The van der Waals surface area contributed by atoms with Crippen molar-refractivity contribution < 1.29 is 18.6 Å². The van der Waals surface area contributed by atoms with Gasteiger partial charge in [-0.3, -0.25) is 0 Å². The predicted octanol–water partition coefficient (Wildman–Crippen LogP) is 4.10. The standard InChI is InChI=1S/C21H35NO4S/c1-5-6-7-8-12-21(2,3)16-9-10-18(20(24)14-16)19-15-17(23)11-13-22(19)27(4,25)26/h9-10,14,17,19,23-24H,5-8,11-13,15H2,1-4H3/t17-,19+/m0/s1. The van der Waals surface area contributed by atoms with Crippen LogP contribution < -0.4 is 0 Å². The fourth-order valence-electron chi connectivity index (χ4n) is 3.99. The second-order valence-electron chi connectivity index (χ2n) is 8.54. The minimum absolute atomic E-state index is 0.0493. The number of aliphatic hydroxyl groups excluding tert-OH is 1. The molecule has 1 aromatic rings. The van der Waals surface area contributed by atoms with Gasteiger partial charge in [0, 0.05) is 12.1 Å². The summed E-state index contributed by atoms with van der Waals surface area (Å²) >= 11 is 0. The molecule has 1 heterocycles. The number of aromatic hydroxyl groups is 1. The molecule has 5 nitrogen and oxygen atoms in total. The van der Waals surface area contributed by atoms with Gasteiger partial charge in [-0.1, -0.05) is 58.6 Å². The van der Waals surface area contributed by atoms with Crippen molar-refractivity contribution in [1.82, 2.24) is 4.31 Å². The van der Waals surface area contributed by atoms with Crippen LogP contribution in [0.1, 0.15) is 82.9 Å². The number of phenolic OH excluding ortho intramolecular Hbond substituents is 1. The Balaban J connectivity index is 2.24. The molecule has 1 fully saturated rings. The Morgan fingerprint density at radius 2 is 1.93 bits per heavy atom. The van der Waals surface area contributed by atoms with Crippen molar-refractivity contribution in [3.05, 3.63) is 29.3 Å². The van der Waals surface area contributed by atoms with E-state index in [1.807, 2.05) is 12.1 Å². The van der Waals surface area contributed by atoms with E-state index in [1.165, 1.54) is 29.8 Å². The molecule has 2 atom stereocenters. The number of phenols is 1. The zero-order valence-corrected chi connectivity index (χ0v) is 17.9. The number of nitrogens with zero attached hydrogens (tertiary/aromatic N) is 1. The molecular formula is C21H35NO4S. The average Bonchev–Trinajstić information content (AvgIpc) is 2.57. The molecule has 0 unspecified atom stereocenters. The number of sulfonamides is 1. The highest BCUT2D eigenvalue weighted by Crippen LogP contribution is 2.40. The molecule has 154 valence electrons. The van der Waals surface area contributed by atoms with Gasteiger partial charge in [-0.05, 0) is 36.3 Å². The molecule has 0 spiro atoms. The van der Waals surface area contributed by atoms with Crippen molar-refractivity contribution in [3.8, 4) is 5.75 Å². The van der Waals surface area contributed by atoms with Gasteiger partial charge in [-0.25, -0.2) is 8.42 Å². The topological polar surface area (TPSA) is 77.8 Å². The molecule has 2 rings (SSSR count). The summed E-state index contributed by atoms with van der Waals surface area (Å²) in [6.45, 7) is 6.83. The van der Waals surface area contributed by atoms with E-state index in [-0.39, 0.29) is 17.7 Å². The largest absolute Gasteiger partial charge is 0.508 e. The van der Waals surface area contributed by atoms with Crippen molar-refractivity contribution in [2.45, 2.75) is 83.3 Å². The van der Waals surface area contributed by atoms with Crippen LogP contribution >= 0.6 is 0 Å². The molecule has 6 heteroatoms. The second-order valence-corrected chi connectivity index (χ2v) is 10.5. The second kappa shape index (κ2) is 8.93. The van der Waals surface area contributed by atoms with Gasteiger partial charge < -0.3 is 10.2 Å². The van der Waals surface area contributed by atoms with Crippen LogP contribution in [0.2, 0.25) is 0 Å². The van der Waals surface area contributed by atoms with Crippen molar-refractivity contribution in [2.24, 2.45) is 0 Å². The first-order chi connectivity index (χ1) is 12.6. The number of benzene rings is 1. The Morgan fingerprint density at radius 1 is 1.22 bits per heavy atom. The lowest BCUT2D eigenvalue weighted by atomic mass is 9.79. The number of hydrogen-bond acceptors (Lipinski definition) is 4. The summed E-state index contributed by atoms with van der Waals surface area (Å²) < 4.78 is 25.7. The summed E-state index contributed by atoms with van der Waals surface area (Å²) in [7, 11) is -3.41. The fourth-order valence-corrected chi connectivity index (χ4v) is 5.09. The smallest absolute Gasteiger partial charge is 0.211 e. The molecule has 0 radical (unpaired) electrons. The Morgan fingerprint density at radius 3 is 2.52 bits per heavy atom. The van der Waals surface area contributed by atoms with E-state index in [0.717, 1.165) is 18.4 Å². The molecule has 0 bridgehead atoms. The summed E-state index contributed by atoms with van der Waals surface area (Å²) in [5, 5.41) is 20.7. The Bertz CT molecular complexity index is 730. The molecule has 1 saturated heterocycles. The van der Waals surface area contributed by atoms with Crippen LogP contribution in [0, 0.1) is 0 Å². The monoisotopic (exact) mass is 397 g/mol. The highest BCUT2D eigenvalue weighted by Gasteiger charge is 2.35. The summed E-state index contributed by atoms with van der Waals surface area (Å²) in [6.07, 6.45) is 7.22. The van der Waals surface area contributed by atoms with Crippen LogP contribution in [0.3, 0.4) is 0 Å². The van der Waals surface area contributed by atoms with Crippen molar-refractivity contribution in [1.29, 1.82) is 0 Å². The Kier molecular flexibility index (Phi) is 7.33. The Labute approximate surface area is 164 Å². The number of piperidine rings is 1. The highest BCUT2D eigenvalue weighted by atomic mass is 32.2. The van der Waals surface area contributed by atoms with E-state index in [0.29, 0.717) is 18.4 Å². The highest BCUT2D eigenvalue weighted by molar-refractivity contribution is 7.88. The molecular weight excluding hydrogens is 362 g/mol. The van der Waals surface area contributed by atoms with E-state index in [1.54, 1.807) is 6.07 Å². The summed E-state index contributed by atoms with van der Waals surface area (Å²) in [6, 6.07) is 5.08. The minimum atomic E-state index is -3.41. The first kappa shape index (κ1) is 22.2. The maximum absolute atomic E-state index is 12.1. The van der Waals surface area contributed by atoms with Gasteiger partial charge in [-0.2, -0.15) is 4.31 Å². The molecule has 1 aromatic carbocycles.